The quantitative estimate of drug-likeness (QED) is 0.760. The first-order chi connectivity index (χ1) is 10.5. The lowest BCUT2D eigenvalue weighted by Gasteiger charge is -2.35. The maximum absolute atomic E-state index is 13.6. The molecule has 0 radical (unpaired) electrons. The van der Waals surface area contributed by atoms with Gasteiger partial charge in [-0.05, 0) is 43.9 Å². The summed E-state index contributed by atoms with van der Waals surface area (Å²) in [6.45, 7) is 2.39. The van der Waals surface area contributed by atoms with Crippen molar-refractivity contribution >= 4 is 27.8 Å². The van der Waals surface area contributed by atoms with Crippen molar-refractivity contribution in [1.29, 1.82) is 0 Å². The molecule has 1 heterocycles. The van der Waals surface area contributed by atoms with Crippen LogP contribution in [0.25, 0.3) is 0 Å². The van der Waals surface area contributed by atoms with Crippen molar-refractivity contribution in [2.45, 2.75) is 38.6 Å². The molecular weight excluding hydrogens is 353 g/mol. The van der Waals surface area contributed by atoms with Gasteiger partial charge in [0.05, 0.1) is 5.56 Å². The molecule has 6 heteroatoms. The van der Waals surface area contributed by atoms with E-state index < -0.39 is 11.8 Å². The van der Waals surface area contributed by atoms with Gasteiger partial charge >= 0.3 is 5.97 Å². The molecule has 0 aliphatic carbocycles. The fourth-order valence-electron chi connectivity index (χ4n) is 2.70. The molecule has 1 aromatic carbocycles. The van der Waals surface area contributed by atoms with Crippen LogP contribution < -0.4 is 0 Å². The van der Waals surface area contributed by atoms with Gasteiger partial charge in [-0.15, -0.1) is 0 Å². The molecule has 0 aromatic heterocycles. The van der Waals surface area contributed by atoms with E-state index in [1.807, 2.05) is 6.92 Å². The summed E-state index contributed by atoms with van der Waals surface area (Å²) in [6.07, 6.45) is 3.96. The number of hydrogen-bond acceptors (Lipinski definition) is 3. The average Bonchev–Trinajstić information content (AvgIpc) is 2.54. The minimum absolute atomic E-state index is 0.173. The van der Waals surface area contributed by atoms with E-state index in [2.05, 4.69) is 15.9 Å². The van der Waals surface area contributed by atoms with Crippen molar-refractivity contribution in [3.8, 4) is 0 Å². The summed E-state index contributed by atoms with van der Waals surface area (Å²) in [5, 5.41) is 0. The van der Waals surface area contributed by atoms with Crippen LogP contribution in [0.15, 0.2) is 22.7 Å². The van der Waals surface area contributed by atoms with Crippen LogP contribution >= 0.6 is 15.9 Å². The Morgan fingerprint density at radius 3 is 2.91 bits per heavy atom. The molecule has 4 nitrogen and oxygen atoms in total. The Bertz CT molecular complexity index is 564. The Morgan fingerprint density at radius 2 is 2.18 bits per heavy atom. The van der Waals surface area contributed by atoms with E-state index in [0.29, 0.717) is 11.0 Å². The number of halogens is 2. The molecule has 1 saturated heterocycles. The van der Waals surface area contributed by atoms with Gasteiger partial charge in [0.1, 0.15) is 5.82 Å². The molecule has 22 heavy (non-hydrogen) atoms. The van der Waals surface area contributed by atoms with Crippen molar-refractivity contribution in [3.05, 3.63) is 34.1 Å². The second-order valence-corrected chi connectivity index (χ2v) is 6.26. The molecule has 1 amide bonds. The second-order valence-electron chi connectivity index (χ2n) is 5.35. The number of amides is 1. The molecule has 0 bridgehead atoms. The van der Waals surface area contributed by atoms with Gasteiger partial charge < -0.3 is 9.64 Å². The highest BCUT2D eigenvalue weighted by Gasteiger charge is 2.26. The van der Waals surface area contributed by atoms with Gasteiger partial charge in [-0.3, -0.25) is 4.79 Å². The van der Waals surface area contributed by atoms with Crippen molar-refractivity contribution in [2.24, 2.45) is 0 Å². The molecule has 2 rings (SSSR count). The first-order valence-electron chi connectivity index (χ1n) is 7.44. The summed E-state index contributed by atoms with van der Waals surface area (Å²) in [5.41, 5.74) is -0.173. The third-order valence-electron chi connectivity index (χ3n) is 3.89. The van der Waals surface area contributed by atoms with Gasteiger partial charge in [-0.2, -0.15) is 0 Å². The van der Waals surface area contributed by atoms with Crippen LogP contribution in [0.4, 0.5) is 4.39 Å². The summed E-state index contributed by atoms with van der Waals surface area (Å²) >= 11 is 3.17. The zero-order chi connectivity index (χ0) is 16.1. The highest BCUT2D eigenvalue weighted by Crippen LogP contribution is 2.20. The summed E-state index contributed by atoms with van der Waals surface area (Å²) < 4.78 is 19.2. The molecule has 1 atom stereocenters. The Kier molecular flexibility index (Phi) is 5.94. The maximum Gasteiger partial charge on any atom is 0.341 e. The first-order valence-corrected chi connectivity index (χ1v) is 8.24. The van der Waals surface area contributed by atoms with Crippen molar-refractivity contribution in [3.63, 3.8) is 0 Å². The Morgan fingerprint density at radius 1 is 1.41 bits per heavy atom. The van der Waals surface area contributed by atoms with Gasteiger partial charge in [0.15, 0.2) is 6.61 Å². The number of esters is 1. The van der Waals surface area contributed by atoms with Crippen LogP contribution in [0, 0.1) is 5.82 Å². The average molecular weight is 372 g/mol. The standard InChI is InChI=1S/C16H19BrFNO3/c1-2-12-5-3-4-8-19(12)15(20)10-22-16(21)13-9-11(17)6-7-14(13)18/h6-7,9,12H,2-5,8,10H2,1H3. The molecule has 1 unspecified atom stereocenters. The van der Waals surface area contributed by atoms with Gasteiger partial charge in [0.25, 0.3) is 5.91 Å². The van der Waals surface area contributed by atoms with Crippen LogP contribution in [0.2, 0.25) is 0 Å². The molecule has 0 spiro atoms. The molecular formula is C16H19BrFNO3. The number of carbonyl (C=O) groups is 2. The topological polar surface area (TPSA) is 46.6 Å². The van der Waals surface area contributed by atoms with E-state index in [1.165, 1.54) is 18.2 Å². The van der Waals surface area contributed by atoms with Crippen LogP contribution in [-0.2, 0) is 9.53 Å². The molecule has 1 aliphatic heterocycles. The lowest BCUT2D eigenvalue weighted by atomic mass is 10.00. The highest BCUT2D eigenvalue weighted by molar-refractivity contribution is 9.10. The largest absolute Gasteiger partial charge is 0.452 e. The zero-order valence-electron chi connectivity index (χ0n) is 12.5. The number of likely N-dealkylation sites (tertiary alicyclic amines) is 1. The molecule has 0 saturated carbocycles. The number of rotatable bonds is 4. The monoisotopic (exact) mass is 371 g/mol. The number of ether oxygens (including phenoxy) is 1. The highest BCUT2D eigenvalue weighted by atomic mass is 79.9. The molecule has 1 aliphatic rings. The van der Waals surface area contributed by atoms with Crippen LogP contribution in [0.1, 0.15) is 43.0 Å². The van der Waals surface area contributed by atoms with E-state index in [1.54, 1.807) is 4.90 Å². The van der Waals surface area contributed by atoms with Gasteiger partial charge in [-0.1, -0.05) is 22.9 Å². The van der Waals surface area contributed by atoms with Gasteiger partial charge in [0, 0.05) is 17.1 Å². The van der Waals surface area contributed by atoms with E-state index in [-0.39, 0.29) is 24.1 Å². The normalized spacial score (nSPS) is 18.1. The number of hydrogen-bond donors (Lipinski definition) is 0. The van der Waals surface area contributed by atoms with E-state index >= 15 is 0 Å². The van der Waals surface area contributed by atoms with Crippen LogP contribution in [-0.4, -0.2) is 36.0 Å². The number of nitrogens with zero attached hydrogens (tertiary/aromatic N) is 1. The predicted molar refractivity (Wildman–Crippen MR) is 84.0 cm³/mol. The number of benzene rings is 1. The second kappa shape index (κ2) is 7.72. The fraction of sp³-hybridized carbons (Fsp3) is 0.500. The van der Waals surface area contributed by atoms with Crippen LogP contribution in [0.5, 0.6) is 0 Å². The minimum atomic E-state index is -0.822. The maximum atomic E-state index is 13.6. The molecule has 0 N–H and O–H groups in total. The SMILES string of the molecule is CCC1CCCCN1C(=O)COC(=O)c1cc(Br)ccc1F. The van der Waals surface area contributed by atoms with Crippen molar-refractivity contribution in [1.82, 2.24) is 4.90 Å². The van der Waals surface area contributed by atoms with Crippen molar-refractivity contribution < 1.29 is 18.7 Å². The van der Waals surface area contributed by atoms with E-state index in [4.69, 9.17) is 4.74 Å². The lowest BCUT2D eigenvalue weighted by Crippen LogP contribution is -2.45. The summed E-state index contributed by atoms with van der Waals surface area (Å²) in [7, 11) is 0. The third kappa shape index (κ3) is 4.06. The third-order valence-corrected chi connectivity index (χ3v) is 4.39. The van der Waals surface area contributed by atoms with Crippen molar-refractivity contribution in [2.75, 3.05) is 13.2 Å². The number of carbonyl (C=O) groups excluding carboxylic acids is 2. The summed E-state index contributed by atoms with van der Waals surface area (Å²) in [5.74, 6) is -1.70. The van der Waals surface area contributed by atoms with E-state index in [0.717, 1.165) is 25.7 Å². The van der Waals surface area contributed by atoms with E-state index in [9.17, 15) is 14.0 Å². The Labute approximate surface area is 137 Å². The molecule has 120 valence electrons. The smallest absolute Gasteiger partial charge is 0.341 e. The minimum Gasteiger partial charge on any atom is -0.452 e. The Balaban J connectivity index is 1.95. The number of piperidine rings is 1. The lowest BCUT2D eigenvalue weighted by molar-refractivity contribution is -0.138. The predicted octanol–water partition coefficient (Wildman–Crippen LogP) is 3.54. The summed E-state index contributed by atoms with van der Waals surface area (Å²) in [4.78, 5) is 25.9. The van der Waals surface area contributed by atoms with Gasteiger partial charge in [0.2, 0.25) is 0 Å². The van der Waals surface area contributed by atoms with Gasteiger partial charge in [-0.25, -0.2) is 9.18 Å². The molecule has 1 fully saturated rings. The molecule has 1 aromatic rings. The summed E-state index contributed by atoms with van der Waals surface area (Å²) in [6, 6.07) is 4.23. The van der Waals surface area contributed by atoms with Crippen LogP contribution in [0.3, 0.4) is 0 Å². The zero-order valence-corrected chi connectivity index (χ0v) is 14.1. The first kappa shape index (κ1) is 16.9. The fourth-order valence-corrected chi connectivity index (χ4v) is 3.06. The Hall–Kier alpha value is -1.43.